The van der Waals surface area contributed by atoms with Crippen molar-refractivity contribution < 1.29 is 27.8 Å². The third-order valence-electron chi connectivity index (χ3n) is 4.63. The number of benzene rings is 1. The van der Waals surface area contributed by atoms with Crippen molar-refractivity contribution in [3.05, 3.63) is 54.4 Å². The van der Waals surface area contributed by atoms with Gasteiger partial charge in [0, 0.05) is 36.7 Å². The lowest BCUT2D eigenvalue weighted by Gasteiger charge is -2.45. The van der Waals surface area contributed by atoms with Gasteiger partial charge in [-0.2, -0.15) is 5.10 Å². The maximum Gasteiger partial charge on any atom is 0.573 e. The number of nitrogens with one attached hydrogen (secondary N) is 2. The van der Waals surface area contributed by atoms with Crippen molar-refractivity contribution >= 4 is 17.4 Å². The average molecular weight is 433 g/mol. The first-order valence-corrected chi connectivity index (χ1v) is 9.24. The zero-order valence-corrected chi connectivity index (χ0v) is 16.3. The SMILES string of the molecule is CC1(O)CN(c2ncc(C(=O)Nc3ccc(OC(F)(F)F)cc3)cc2-c2ccn[nH]2)C1. The van der Waals surface area contributed by atoms with Crippen LogP contribution in [0, 0.1) is 0 Å². The number of β-amino-alcohol motifs (C(OH)–C–C–N with tert-alkyl or cyclic N) is 1. The minimum absolute atomic E-state index is 0.247. The Morgan fingerprint density at radius 3 is 2.55 bits per heavy atom. The van der Waals surface area contributed by atoms with Gasteiger partial charge in [-0.1, -0.05) is 0 Å². The van der Waals surface area contributed by atoms with E-state index in [9.17, 15) is 23.1 Å². The van der Waals surface area contributed by atoms with Crippen LogP contribution < -0.4 is 15.0 Å². The number of anilines is 2. The van der Waals surface area contributed by atoms with Crippen LogP contribution >= 0.6 is 0 Å². The van der Waals surface area contributed by atoms with E-state index in [1.807, 2.05) is 4.90 Å². The molecule has 0 saturated carbocycles. The number of aromatic amines is 1. The van der Waals surface area contributed by atoms with Gasteiger partial charge in [0.05, 0.1) is 16.9 Å². The van der Waals surface area contributed by atoms with Gasteiger partial charge in [0.1, 0.15) is 11.6 Å². The molecule has 0 aliphatic carbocycles. The zero-order chi connectivity index (χ0) is 22.2. The molecule has 8 nitrogen and oxygen atoms in total. The predicted octanol–water partition coefficient (Wildman–Crippen LogP) is 3.19. The largest absolute Gasteiger partial charge is 0.573 e. The van der Waals surface area contributed by atoms with Gasteiger partial charge in [-0.05, 0) is 43.3 Å². The lowest BCUT2D eigenvalue weighted by molar-refractivity contribution is -0.274. The molecule has 0 atom stereocenters. The summed E-state index contributed by atoms with van der Waals surface area (Å²) >= 11 is 0. The second kappa shape index (κ2) is 7.58. The van der Waals surface area contributed by atoms with Crippen LogP contribution in [0.15, 0.2) is 48.8 Å². The Bertz CT molecular complexity index is 1070. The quantitative estimate of drug-likeness (QED) is 0.571. The van der Waals surface area contributed by atoms with E-state index in [-0.39, 0.29) is 11.3 Å². The number of halogens is 3. The van der Waals surface area contributed by atoms with Crippen molar-refractivity contribution in [3.63, 3.8) is 0 Å². The summed E-state index contributed by atoms with van der Waals surface area (Å²) < 4.78 is 40.6. The first-order chi connectivity index (χ1) is 14.6. The summed E-state index contributed by atoms with van der Waals surface area (Å²) in [6.45, 7) is 2.53. The van der Waals surface area contributed by atoms with Crippen LogP contribution in [0.5, 0.6) is 5.75 Å². The number of aliphatic hydroxyl groups is 1. The van der Waals surface area contributed by atoms with Gasteiger partial charge >= 0.3 is 6.36 Å². The minimum atomic E-state index is -4.79. The normalized spacial score (nSPS) is 15.3. The summed E-state index contributed by atoms with van der Waals surface area (Å²) in [6, 6.07) is 8.20. The molecule has 0 bridgehead atoms. The average Bonchev–Trinajstić information content (AvgIpc) is 3.20. The summed E-state index contributed by atoms with van der Waals surface area (Å²) in [4.78, 5) is 19.0. The monoisotopic (exact) mass is 433 g/mol. The van der Waals surface area contributed by atoms with Crippen molar-refractivity contribution in [1.29, 1.82) is 0 Å². The van der Waals surface area contributed by atoms with Gasteiger partial charge in [0.2, 0.25) is 0 Å². The highest BCUT2D eigenvalue weighted by molar-refractivity contribution is 6.05. The van der Waals surface area contributed by atoms with Crippen LogP contribution in [-0.4, -0.2) is 51.2 Å². The Morgan fingerprint density at radius 2 is 1.97 bits per heavy atom. The summed E-state index contributed by atoms with van der Waals surface area (Å²) in [5.74, 6) is -0.274. The predicted molar refractivity (Wildman–Crippen MR) is 106 cm³/mol. The molecular weight excluding hydrogens is 415 g/mol. The molecule has 1 aromatic carbocycles. The number of pyridine rings is 1. The van der Waals surface area contributed by atoms with E-state index in [0.29, 0.717) is 35.9 Å². The number of rotatable bonds is 5. The lowest BCUT2D eigenvalue weighted by Crippen LogP contribution is -2.60. The van der Waals surface area contributed by atoms with Gasteiger partial charge in [-0.25, -0.2) is 4.98 Å². The van der Waals surface area contributed by atoms with Gasteiger partial charge in [-0.15, -0.1) is 13.2 Å². The van der Waals surface area contributed by atoms with E-state index in [1.165, 1.54) is 18.3 Å². The van der Waals surface area contributed by atoms with Crippen LogP contribution in [0.4, 0.5) is 24.7 Å². The first kappa shape index (κ1) is 20.7. The van der Waals surface area contributed by atoms with Crippen LogP contribution in [0.3, 0.4) is 0 Å². The number of alkyl halides is 3. The molecule has 1 amide bonds. The molecule has 1 saturated heterocycles. The Morgan fingerprint density at radius 1 is 1.26 bits per heavy atom. The molecule has 1 aliphatic rings. The van der Waals surface area contributed by atoms with Crippen molar-refractivity contribution in [1.82, 2.24) is 15.2 Å². The smallest absolute Gasteiger partial charge is 0.406 e. The Kier molecular flexibility index (Phi) is 5.05. The zero-order valence-electron chi connectivity index (χ0n) is 16.3. The summed E-state index contributed by atoms with van der Waals surface area (Å²) in [5, 5.41) is 19.4. The van der Waals surface area contributed by atoms with E-state index in [1.54, 1.807) is 25.3 Å². The number of nitrogens with zero attached hydrogens (tertiary/aromatic N) is 3. The molecule has 3 N–H and O–H groups in total. The maximum atomic E-state index is 12.7. The van der Waals surface area contributed by atoms with E-state index in [0.717, 1.165) is 12.1 Å². The number of carbonyl (C=O) groups excluding carboxylic acids is 1. The molecule has 4 rings (SSSR count). The van der Waals surface area contributed by atoms with Gasteiger partial charge < -0.3 is 20.1 Å². The van der Waals surface area contributed by atoms with E-state index >= 15 is 0 Å². The highest BCUT2D eigenvalue weighted by Gasteiger charge is 2.38. The Hall–Kier alpha value is -3.60. The van der Waals surface area contributed by atoms with Crippen molar-refractivity contribution in [2.45, 2.75) is 18.9 Å². The Labute approximate surface area is 174 Å². The summed E-state index contributed by atoms with van der Waals surface area (Å²) in [6.07, 6.45) is -1.81. The number of hydrogen-bond donors (Lipinski definition) is 3. The fraction of sp³-hybridized carbons (Fsp3) is 0.250. The van der Waals surface area contributed by atoms with E-state index < -0.39 is 17.9 Å². The molecule has 31 heavy (non-hydrogen) atoms. The first-order valence-electron chi connectivity index (χ1n) is 9.24. The number of carbonyl (C=O) groups is 1. The molecule has 0 unspecified atom stereocenters. The fourth-order valence-electron chi connectivity index (χ4n) is 3.31. The third-order valence-corrected chi connectivity index (χ3v) is 4.63. The number of hydrogen-bond acceptors (Lipinski definition) is 6. The van der Waals surface area contributed by atoms with Crippen LogP contribution in [0.25, 0.3) is 11.3 Å². The summed E-state index contributed by atoms with van der Waals surface area (Å²) in [7, 11) is 0. The maximum absolute atomic E-state index is 12.7. The van der Waals surface area contributed by atoms with E-state index in [4.69, 9.17) is 0 Å². The van der Waals surface area contributed by atoms with Crippen molar-refractivity contribution in [2.24, 2.45) is 0 Å². The number of aromatic nitrogens is 3. The number of amides is 1. The van der Waals surface area contributed by atoms with Gasteiger partial charge in [-0.3, -0.25) is 9.89 Å². The molecule has 11 heteroatoms. The van der Waals surface area contributed by atoms with Gasteiger partial charge in [0.15, 0.2) is 0 Å². The molecule has 3 heterocycles. The highest BCUT2D eigenvalue weighted by atomic mass is 19.4. The second-order valence-electron chi connectivity index (χ2n) is 7.44. The molecule has 3 aromatic rings. The van der Waals surface area contributed by atoms with Crippen LogP contribution in [-0.2, 0) is 0 Å². The minimum Gasteiger partial charge on any atom is -0.406 e. The van der Waals surface area contributed by atoms with Crippen LogP contribution in [0.2, 0.25) is 0 Å². The Balaban J connectivity index is 1.54. The summed E-state index contributed by atoms with van der Waals surface area (Å²) in [5.41, 5.74) is 1.03. The topological polar surface area (TPSA) is 103 Å². The highest BCUT2D eigenvalue weighted by Crippen LogP contribution is 2.34. The molecule has 2 aromatic heterocycles. The molecule has 162 valence electrons. The lowest BCUT2D eigenvalue weighted by atomic mass is 9.96. The molecular formula is C20H18F3N5O3. The van der Waals surface area contributed by atoms with Crippen LogP contribution in [0.1, 0.15) is 17.3 Å². The second-order valence-corrected chi connectivity index (χ2v) is 7.44. The fourth-order valence-corrected chi connectivity index (χ4v) is 3.31. The molecule has 0 radical (unpaired) electrons. The van der Waals surface area contributed by atoms with Crippen molar-refractivity contribution in [2.75, 3.05) is 23.3 Å². The van der Waals surface area contributed by atoms with Crippen molar-refractivity contribution in [3.8, 4) is 17.0 Å². The third kappa shape index (κ3) is 4.77. The molecule has 1 fully saturated rings. The van der Waals surface area contributed by atoms with E-state index in [2.05, 4.69) is 25.2 Å². The number of ether oxygens (including phenoxy) is 1. The standard InChI is InChI=1S/C20H18F3N5O3/c1-19(30)10-28(11-19)17-15(16-6-7-25-27-16)8-12(9-24-17)18(29)26-13-2-4-14(5-3-13)31-20(21,22)23/h2-9,30H,10-11H2,1H3,(H,25,27)(H,26,29). The molecule has 1 aliphatic heterocycles. The van der Waals surface area contributed by atoms with Gasteiger partial charge in [0.25, 0.3) is 5.91 Å². The number of H-pyrrole nitrogens is 1. The molecule has 0 spiro atoms.